The number of hydrogen-bond acceptors (Lipinski definition) is 5. The standard InChI is InChI=1S/C21H19NO5/c1-13(21(26)27-2)11-15(12-14-7-9-16(23)10-8-14)22-19(24)17-5-3-4-6-18(17)20(22)25/h3-11,15,23H,12H2,1-2H3/b13-11+/t15-/m1/s1. The summed E-state index contributed by atoms with van der Waals surface area (Å²) in [5.74, 6) is -1.19. The number of aromatic hydroxyl groups is 1. The van der Waals surface area contributed by atoms with Crippen molar-refractivity contribution < 1.29 is 24.2 Å². The summed E-state index contributed by atoms with van der Waals surface area (Å²) in [5.41, 5.74) is 1.81. The van der Waals surface area contributed by atoms with Crippen molar-refractivity contribution in [2.45, 2.75) is 19.4 Å². The summed E-state index contributed by atoms with van der Waals surface area (Å²) in [6, 6.07) is 12.5. The normalized spacial score (nSPS) is 14.9. The number of ether oxygens (including phenoxy) is 1. The first kappa shape index (κ1) is 18.4. The molecular formula is C21H19NO5. The molecule has 0 aliphatic carbocycles. The van der Waals surface area contributed by atoms with Crippen molar-refractivity contribution in [3.05, 3.63) is 76.9 Å². The Morgan fingerprint density at radius 2 is 1.63 bits per heavy atom. The van der Waals surface area contributed by atoms with E-state index in [1.807, 2.05) is 0 Å². The van der Waals surface area contributed by atoms with Gasteiger partial charge in [0.05, 0.1) is 24.3 Å². The fourth-order valence-corrected chi connectivity index (χ4v) is 3.12. The lowest BCUT2D eigenvalue weighted by Crippen LogP contribution is -2.40. The molecule has 2 amide bonds. The molecule has 0 saturated carbocycles. The van der Waals surface area contributed by atoms with Crippen LogP contribution in [0.2, 0.25) is 0 Å². The second kappa shape index (κ2) is 7.45. The minimum Gasteiger partial charge on any atom is -0.508 e. The van der Waals surface area contributed by atoms with Gasteiger partial charge in [0.1, 0.15) is 5.75 Å². The van der Waals surface area contributed by atoms with E-state index in [1.165, 1.54) is 24.1 Å². The van der Waals surface area contributed by atoms with E-state index in [0.29, 0.717) is 23.1 Å². The van der Waals surface area contributed by atoms with Crippen LogP contribution < -0.4 is 0 Å². The lowest BCUT2D eigenvalue weighted by Gasteiger charge is -2.24. The van der Waals surface area contributed by atoms with Gasteiger partial charge < -0.3 is 9.84 Å². The molecule has 27 heavy (non-hydrogen) atoms. The number of esters is 1. The Hall–Kier alpha value is -3.41. The van der Waals surface area contributed by atoms with Crippen LogP contribution in [0.25, 0.3) is 0 Å². The zero-order valence-corrected chi connectivity index (χ0v) is 15.0. The highest BCUT2D eigenvalue weighted by Crippen LogP contribution is 2.27. The number of hydrogen-bond donors (Lipinski definition) is 1. The Balaban J connectivity index is 1.99. The first-order chi connectivity index (χ1) is 12.9. The van der Waals surface area contributed by atoms with E-state index < -0.39 is 23.8 Å². The van der Waals surface area contributed by atoms with Crippen LogP contribution in [0, 0.1) is 0 Å². The van der Waals surface area contributed by atoms with E-state index in [0.717, 1.165) is 5.56 Å². The molecule has 6 nitrogen and oxygen atoms in total. The number of carbonyl (C=O) groups is 3. The lowest BCUT2D eigenvalue weighted by atomic mass is 10.0. The van der Waals surface area contributed by atoms with Crippen LogP contribution in [0.1, 0.15) is 33.2 Å². The summed E-state index contributed by atoms with van der Waals surface area (Å²) in [6.45, 7) is 1.58. The quantitative estimate of drug-likeness (QED) is 0.500. The number of fused-ring (bicyclic) bond motifs is 1. The maximum Gasteiger partial charge on any atom is 0.333 e. The number of amides is 2. The van der Waals surface area contributed by atoms with Crippen molar-refractivity contribution in [1.82, 2.24) is 4.90 Å². The zero-order valence-electron chi connectivity index (χ0n) is 15.0. The van der Waals surface area contributed by atoms with Crippen molar-refractivity contribution in [3.63, 3.8) is 0 Å². The molecule has 1 aliphatic heterocycles. The molecule has 1 heterocycles. The molecule has 0 unspecified atom stereocenters. The summed E-state index contributed by atoms with van der Waals surface area (Å²) in [4.78, 5) is 38.7. The Morgan fingerprint density at radius 1 is 1.07 bits per heavy atom. The molecule has 0 saturated heterocycles. The highest BCUT2D eigenvalue weighted by molar-refractivity contribution is 6.21. The Labute approximate surface area is 156 Å². The van der Waals surface area contributed by atoms with Crippen molar-refractivity contribution in [1.29, 1.82) is 0 Å². The first-order valence-electron chi connectivity index (χ1n) is 8.44. The summed E-state index contributed by atoms with van der Waals surface area (Å²) in [7, 11) is 1.27. The van der Waals surface area contributed by atoms with Gasteiger partial charge in [0.2, 0.25) is 0 Å². The van der Waals surface area contributed by atoms with Gasteiger partial charge in [-0.2, -0.15) is 0 Å². The highest BCUT2D eigenvalue weighted by Gasteiger charge is 2.39. The molecule has 1 atom stereocenters. The number of benzene rings is 2. The fourth-order valence-electron chi connectivity index (χ4n) is 3.12. The lowest BCUT2D eigenvalue weighted by molar-refractivity contribution is -0.136. The smallest absolute Gasteiger partial charge is 0.333 e. The molecule has 0 spiro atoms. The Kier molecular flexibility index (Phi) is 5.07. The number of nitrogens with zero attached hydrogens (tertiary/aromatic N) is 1. The van der Waals surface area contributed by atoms with Crippen molar-refractivity contribution in [3.8, 4) is 5.75 Å². The molecule has 6 heteroatoms. The van der Waals surface area contributed by atoms with Gasteiger partial charge >= 0.3 is 5.97 Å². The average Bonchev–Trinajstić information content (AvgIpc) is 2.93. The van der Waals surface area contributed by atoms with Crippen molar-refractivity contribution in [2.75, 3.05) is 7.11 Å². The number of methoxy groups -OCH3 is 1. The minimum atomic E-state index is -0.666. The van der Waals surface area contributed by atoms with Crippen LogP contribution in [0.4, 0.5) is 0 Å². The molecular weight excluding hydrogens is 346 g/mol. The predicted molar refractivity (Wildman–Crippen MR) is 98.3 cm³/mol. The van der Waals surface area contributed by atoms with Crippen LogP contribution in [0.15, 0.2) is 60.2 Å². The average molecular weight is 365 g/mol. The number of phenolic OH excluding ortho intramolecular Hbond substituents is 1. The predicted octanol–water partition coefficient (Wildman–Crippen LogP) is 2.72. The van der Waals surface area contributed by atoms with Crippen molar-refractivity contribution in [2.24, 2.45) is 0 Å². The molecule has 2 aromatic rings. The molecule has 0 bridgehead atoms. The minimum absolute atomic E-state index is 0.123. The van der Waals surface area contributed by atoms with Gasteiger partial charge in [0, 0.05) is 5.57 Å². The van der Waals surface area contributed by atoms with Crippen LogP contribution in [0.3, 0.4) is 0 Å². The van der Waals surface area contributed by atoms with E-state index >= 15 is 0 Å². The van der Waals surface area contributed by atoms with Gasteiger partial charge in [-0.3, -0.25) is 14.5 Å². The second-order valence-electron chi connectivity index (χ2n) is 6.31. The largest absolute Gasteiger partial charge is 0.508 e. The second-order valence-corrected chi connectivity index (χ2v) is 6.31. The van der Waals surface area contributed by atoms with Crippen LogP contribution in [-0.4, -0.2) is 40.9 Å². The Morgan fingerprint density at radius 3 is 2.15 bits per heavy atom. The van der Waals surface area contributed by atoms with Crippen molar-refractivity contribution >= 4 is 17.8 Å². The molecule has 1 N–H and O–H groups in total. The van der Waals surface area contributed by atoms with E-state index in [9.17, 15) is 19.5 Å². The Bertz CT molecular complexity index is 895. The van der Waals surface area contributed by atoms with Gasteiger partial charge in [-0.05, 0) is 43.2 Å². The van der Waals surface area contributed by atoms with Gasteiger partial charge in [-0.15, -0.1) is 0 Å². The molecule has 0 fully saturated rings. The third-order valence-electron chi connectivity index (χ3n) is 4.49. The number of carbonyl (C=O) groups excluding carboxylic acids is 3. The summed E-state index contributed by atoms with van der Waals surface area (Å²) < 4.78 is 4.73. The molecule has 3 rings (SSSR count). The molecule has 0 radical (unpaired) electrons. The molecule has 138 valence electrons. The fraction of sp³-hybridized carbons (Fsp3) is 0.190. The zero-order chi connectivity index (χ0) is 19.6. The van der Waals surface area contributed by atoms with Gasteiger partial charge in [-0.1, -0.05) is 30.3 Å². The van der Waals surface area contributed by atoms with Gasteiger partial charge in [0.25, 0.3) is 11.8 Å². The molecule has 1 aliphatic rings. The van der Waals surface area contributed by atoms with Gasteiger partial charge in [0.15, 0.2) is 0 Å². The SMILES string of the molecule is COC(=O)/C(C)=C/[C@H](Cc1ccc(O)cc1)N1C(=O)c2ccccc2C1=O. The van der Waals surface area contributed by atoms with E-state index in [1.54, 1.807) is 49.4 Å². The van der Waals surface area contributed by atoms with Crippen LogP contribution in [0.5, 0.6) is 5.75 Å². The monoisotopic (exact) mass is 365 g/mol. The number of phenols is 1. The maximum absolute atomic E-state index is 12.8. The topological polar surface area (TPSA) is 83.9 Å². The van der Waals surface area contributed by atoms with Crippen LogP contribution in [-0.2, 0) is 16.0 Å². The number of imide groups is 1. The highest BCUT2D eigenvalue weighted by atomic mass is 16.5. The summed E-state index contributed by atoms with van der Waals surface area (Å²) >= 11 is 0. The third-order valence-corrected chi connectivity index (χ3v) is 4.49. The van der Waals surface area contributed by atoms with Crippen LogP contribution >= 0.6 is 0 Å². The number of rotatable bonds is 5. The van der Waals surface area contributed by atoms with Gasteiger partial charge in [-0.25, -0.2) is 4.79 Å². The van der Waals surface area contributed by atoms with E-state index in [4.69, 9.17) is 4.74 Å². The molecule has 2 aromatic carbocycles. The summed E-state index contributed by atoms with van der Waals surface area (Å²) in [5, 5.41) is 9.46. The first-order valence-corrected chi connectivity index (χ1v) is 8.44. The van der Waals surface area contributed by atoms with E-state index in [2.05, 4.69) is 0 Å². The maximum atomic E-state index is 12.8. The summed E-state index contributed by atoms with van der Waals surface area (Å²) in [6.07, 6.45) is 1.88. The van der Waals surface area contributed by atoms with E-state index in [-0.39, 0.29) is 5.75 Å². The molecule has 0 aromatic heterocycles. The third kappa shape index (κ3) is 3.60.